The Balaban J connectivity index is 1.88. The summed E-state index contributed by atoms with van der Waals surface area (Å²) in [7, 11) is -2.78. The first kappa shape index (κ1) is 21.2. The van der Waals surface area contributed by atoms with Gasteiger partial charge in [-0.1, -0.05) is 23.2 Å². The highest BCUT2D eigenvalue weighted by atomic mass is 35.5. The Kier molecular flexibility index (Phi) is 5.42. The molecule has 3 aromatic carbocycles. The molecule has 1 heterocycles. The lowest BCUT2D eigenvalue weighted by molar-refractivity contribution is -0.384. The number of hydrogen-bond acceptors (Lipinski definition) is 6. The number of benzene rings is 3. The number of halogens is 2. The SMILES string of the molecule is COc1ccc([C@H]2Oc3ccc(Cl)cc3N2S(=O)(=O)c2ccc(Cl)c([N+](=O)[O-])c2)cc1. The van der Waals surface area contributed by atoms with Crippen LogP contribution in [0.2, 0.25) is 10.0 Å². The quantitative estimate of drug-likeness (QED) is 0.367. The molecule has 4 rings (SSSR count). The van der Waals surface area contributed by atoms with Crippen LogP contribution >= 0.6 is 23.2 Å². The predicted molar refractivity (Wildman–Crippen MR) is 116 cm³/mol. The summed E-state index contributed by atoms with van der Waals surface area (Å²) in [6.45, 7) is 0. The highest BCUT2D eigenvalue weighted by Crippen LogP contribution is 2.48. The standard InChI is InChI=1S/C20H14Cl2N2O6S/c1-29-14-5-2-12(3-6-14)20-23(18-10-13(21)4-9-19(18)30-20)31(27,28)15-7-8-16(22)17(11-15)24(25)26/h2-11,20H,1H3/t20-/m1/s1. The van der Waals surface area contributed by atoms with Crippen molar-refractivity contribution in [3.05, 3.63) is 86.4 Å². The molecule has 0 saturated heterocycles. The average Bonchev–Trinajstić information content (AvgIpc) is 3.13. The second-order valence-corrected chi connectivity index (χ2v) is 9.19. The molecule has 0 aliphatic carbocycles. The zero-order chi connectivity index (χ0) is 22.3. The summed E-state index contributed by atoms with van der Waals surface area (Å²) in [5.74, 6) is 0.891. The van der Waals surface area contributed by atoms with Crippen molar-refractivity contribution >= 4 is 44.6 Å². The number of nitro benzene ring substituents is 1. The lowest BCUT2D eigenvalue weighted by Gasteiger charge is -2.25. The van der Waals surface area contributed by atoms with Crippen LogP contribution in [0.5, 0.6) is 11.5 Å². The molecule has 0 fully saturated rings. The van der Waals surface area contributed by atoms with E-state index in [9.17, 15) is 18.5 Å². The van der Waals surface area contributed by atoms with E-state index in [1.54, 1.807) is 36.4 Å². The Labute approximate surface area is 187 Å². The van der Waals surface area contributed by atoms with Crippen molar-refractivity contribution in [2.24, 2.45) is 0 Å². The van der Waals surface area contributed by atoms with Gasteiger partial charge in [-0.3, -0.25) is 10.1 Å². The molecule has 0 radical (unpaired) electrons. The molecule has 0 aromatic heterocycles. The summed E-state index contributed by atoms with van der Waals surface area (Å²) in [5.41, 5.74) is 0.223. The molecular formula is C20H14Cl2N2O6S. The van der Waals surface area contributed by atoms with Crippen molar-refractivity contribution in [3.8, 4) is 11.5 Å². The van der Waals surface area contributed by atoms with E-state index in [0.29, 0.717) is 22.1 Å². The number of nitrogens with zero attached hydrogens (tertiary/aromatic N) is 2. The van der Waals surface area contributed by atoms with Crippen LogP contribution in [0, 0.1) is 10.1 Å². The Morgan fingerprint density at radius 3 is 2.42 bits per heavy atom. The van der Waals surface area contributed by atoms with Gasteiger partial charge in [-0.25, -0.2) is 12.7 Å². The van der Waals surface area contributed by atoms with Crippen molar-refractivity contribution in [2.45, 2.75) is 11.1 Å². The van der Waals surface area contributed by atoms with Crippen LogP contribution in [-0.4, -0.2) is 20.5 Å². The van der Waals surface area contributed by atoms with Gasteiger partial charge in [-0.2, -0.15) is 0 Å². The van der Waals surface area contributed by atoms with E-state index in [0.717, 1.165) is 10.4 Å². The molecule has 0 amide bonds. The number of ether oxygens (including phenoxy) is 2. The molecule has 1 aliphatic rings. The molecule has 0 bridgehead atoms. The maximum Gasteiger partial charge on any atom is 0.289 e. The largest absolute Gasteiger partial charge is 0.497 e. The fraction of sp³-hybridized carbons (Fsp3) is 0.100. The highest BCUT2D eigenvalue weighted by molar-refractivity contribution is 7.92. The Morgan fingerprint density at radius 1 is 1.06 bits per heavy atom. The van der Waals surface area contributed by atoms with Crippen LogP contribution in [-0.2, 0) is 10.0 Å². The van der Waals surface area contributed by atoms with Crippen molar-refractivity contribution in [1.82, 2.24) is 0 Å². The summed E-state index contributed by atoms with van der Waals surface area (Å²) in [6, 6.07) is 14.6. The molecule has 11 heteroatoms. The molecule has 8 nitrogen and oxygen atoms in total. The Bertz CT molecular complexity index is 1280. The lowest BCUT2D eigenvalue weighted by Crippen LogP contribution is -2.33. The average molecular weight is 481 g/mol. The Morgan fingerprint density at radius 2 is 1.77 bits per heavy atom. The lowest BCUT2D eigenvalue weighted by atomic mass is 10.2. The smallest absolute Gasteiger partial charge is 0.289 e. The van der Waals surface area contributed by atoms with Crippen LogP contribution in [0.1, 0.15) is 11.8 Å². The number of anilines is 1. The fourth-order valence-corrected chi connectivity index (χ4v) is 5.09. The number of sulfonamides is 1. The van der Waals surface area contributed by atoms with Gasteiger partial charge in [0.2, 0.25) is 6.23 Å². The van der Waals surface area contributed by atoms with E-state index in [2.05, 4.69) is 0 Å². The van der Waals surface area contributed by atoms with E-state index in [-0.39, 0.29) is 15.6 Å². The molecule has 0 unspecified atom stereocenters. The van der Waals surface area contributed by atoms with Gasteiger partial charge in [-0.15, -0.1) is 0 Å². The number of hydrogen-bond donors (Lipinski definition) is 0. The summed E-state index contributed by atoms with van der Waals surface area (Å²) in [6.07, 6.45) is -1.06. The van der Waals surface area contributed by atoms with Gasteiger partial charge in [-0.05, 0) is 54.6 Å². The van der Waals surface area contributed by atoms with E-state index in [4.69, 9.17) is 32.7 Å². The van der Waals surface area contributed by atoms with Gasteiger partial charge >= 0.3 is 0 Å². The fourth-order valence-electron chi connectivity index (χ4n) is 3.19. The third kappa shape index (κ3) is 3.76. The monoisotopic (exact) mass is 480 g/mol. The van der Waals surface area contributed by atoms with Gasteiger partial charge in [0.1, 0.15) is 16.5 Å². The summed E-state index contributed by atoms with van der Waals surface area (Å²) < 4.78 is 39.4. The minimum absolute atomic E-state index is 0.170. The van der Waals surface area contributed by atoms with Crippen LogP contribution in [0.4, 0.5) is 11.4 Å². The molecule has 1 aliphatic heterocycles. The third-order valence-corrected chi connectivity index (χ3v) is 6.99. The molecule has 160 valence electrons. The summed E-state index contributed by atoms with van der Waals surface area (Å²) in [4.78, 5) is 10.2. The van der Waals surface area contributed by atoms with Crippen molar-refractivity contribution in [1.29, 1.82) is 0 Å². The van der Waals surface area contributed by atoms with Gasteiger partial charge in [0.05, 0.1) is 22.6 Å². The molecule has 3 aromatic rings. The van der Waals surface area contributed by atoms with Crippen molar-refractivity contribution in [2.75, 3.05) is 11.4 Å². The third-order valence-electron chi connectivity index (χ3n) is 4.68. The van der Waals surface area contributed by atoms with Crippen molar-refractivity contribution in [3.63, 3.8) is 0 Å². The van der Waals surface area contributed by atoms with Crippen LogP contribution in [0.25, 0.3) is 0 Å². The number of rotatable bonds is 5. The number of methoxy groups -OCH3 is 1. The first-order valence-corrected chi connectivity index (χ1v) is 11.0. The first-order chi connectivity index (χ1) is 14.7. The first-order valence-electron chi connectivity index (χ1n) is 8.81. The molecule has 0 N–H and O–H groups in total. The van der Waals surface area contributed by atoms with E-state index in [1.165, 1.54) is 25.3 Å². The maximum atomic E-state index is 13.6. The number of nitro groups is 1. The van der Waals surface area contributed by atoms with Gasteiger partial charge in [0, 0.05) is 16.7 Å². The predicted octanol–water partition coefficient (Wildman–Crippen LogP) is 5.20. The molecule has 1 atom stereocenters. The van der Waals surface area contributed by atoms with E-state index in [1.807, 2.05) is 0 Å². The molecule has 0 saturated carbocycles. The van der Waals surface area contributed by atoms with Crippen LogP contribution in [0.3, 0.4) is 0 Å². The van der Waals surface area contributed by atoms with Gasteiger partial charge in [0.25, 0.3) is 15.7 Å². The molecular weight excluding hydrogens is 467 g/mol. The second kappa shape index (κ2) is 7.92. The van der Waals surface area contributed by atoms with Gasteiger partial charge < -0.3 is 9.47 Å². The Hall–Kier alpha value is -3.01. The van der Waals surface area contributed by atoms with Crippen molar-refractivity contribution < 1.29 is 22.8 Å². The molecule has 0 spiro atoms. The highest BCUT2D eigenvalue weighted by Gasteiger charge is 2.42. The maximum absolute atomic E-state index is 13.6. The second-order valence-electron chi connectivity index (χ2n) is 6.53. The summed E-state index contributed by atoms with van der Waals surface area (Å²) in [5, 5.41) is 11.4. The van der Waals surface area contributed by atoms with Crippen LogP contribution < -0.4 is 13.8 Å². The van der Waals surface area contributed by atoms with Crippen LogP contribution in [0.15, 0.2) is 65.6 Å². The zero-order valence-electron chi connectivity index (χ0n) is 15.9. The van der Waals surface area contributed by atoms with E-state index < -0.39 is 26.9 Å². The minimum Gasteiger partial charge on any atom is -0.497 e. The normalized spacial score (nSPS) is 15.3. The molecule has 31 heavy (non-hydrogen) atoms. The van der Waals surface area contributed by atoms with Gasteiger partial charge in [0.15, 0.2) is 0 Å². The number of fused-ring (bicyclic) bond motifs is 1. The van der Waals surface area contributed by atoms with E-state index >= 15 is 0 Å². The summed E-state index contributed by atoms with van der Waals surface area (Å²) >= 11 is 12.0. The zero-order valence-corrected chi connectivity index (χ0v) is 18.2. The topological polar surface area (TPSA) is 99.0 Å². The minimum atomic E-state index is -4.30.